The van der Waals surface area contributed by atoms with Gasteiger partial charge in [-0.2, -0.15) is 11.8 Å². The van der Waals surface area contributed by atoms with Crippen LogP contribution in [0, 0.1) is 0 Å². The van der Waals surface area contributed by atoms with Gasteiger partial charge < -0.3 is 20.8 Å². The van der Waals surface area contributed by atoms with E-state index in [-0.39, 0.29) is 6.01 Å². The topological polar surface area (TPSA) is 76.1 Å². The summed E-state index contributed by atoms with van der Waals surface area (Å²) in [6, 6.07) is 0.237. The molecule has 0 atom stereocenters. The number of thiocarbonyl (C=S) groups is 1. The summed E-state index contributed by atoms with van der Waals surface area (Å²) in [7, 11) is 1.80. The minimum atomic E-state index is 0.237. The van der Waals surface area contributed by atoms with Crippen molar-refractivity contribution in [1.82, 2.24) is 15.6 Å². The summed E-state index contributed by atoms with van der Waals surface area (Å²) in [4.78, 5) is 3.83. The molecule has 0 spiro atoms. The van der Waals surface area contributed by atoms with Crippen molar-refractivity contribution >= 4 is 35.1 Å². The number of nitrogens with two attached hydrogens (primary N) is 1. The third-order valence-corrected chi connectivity index (χ3v) is 3.16. The third-order valence-electron chi connectivity index (χ3n) is 1.82. The molecule has 0 saturated carbocycles. The Kier molecular flexibility index (Phi) is 6.02. The Hall–Kier alpha value is -0.950. The van der Waals surface area contributed by atoms with E-state index in [0.29, 0.717) is 5.11 Å². The van der Waals surface area contributed by atoms with Crippen LogP contribution < -0.4 is 16.4 Å². The van der Waals surface area contributed by atoms with E-state index in [1.54, 1.807) is 13.2 Å². The molecule has 0 aliphatic carbocycles. The normalized spacial score (nSPS) is 10.1. The van der Waals surface area contributed by atoms with Gasteiger partial charge in [0.2, 0.25) is 0 Å². The quantitative estimate of drug-likeness (QED) is 0.511. The van der Waals surface area contributed by atoms with Crippen molar-refractivity contribution < 1.29 is 4.42 Å². The average Bonchev–Trinajstić information content (AvgIpc) is 2.69. The lowest BCUT2D eigenvalue weighted by Crippen LogP contribution is -2.33. The monoisotopic (exact) mass is 260 g/mol. The molecule has 0 radical (unpaired) electrons. The van der Waals surface area contributed by atoms with Crippen LogP contribution in [0.4, 0.5) is 6.01 Å². The molecule has 0 aliphatic heterocycles. The Balaban J connectivity index is 1.98. The van der Waals surface area contributed by atoms with Gasteiger partial charge in [0.05, 0.1) is 6.20 Å². The predicted octanol–water partition coefficient (Wildman–Crippen LogP) is 0.626. The summed E-state index contributed by atoms with van der Waals surface area (Å²) in [5.74, 6) is 2.83. The van der Waals surface area contributed by atoms with Gasteiger partial charge in [0.15, 0.2) is 5.11 Å². The fourth-order valence-corrected chi connectivity index (χ4v) is 1.94. The molecule has 16 heavy (non-hydrogen) atoms. The number of thioether (sulfide) groups is 1. The second-order valence-electron chi connectivity index (χ2n) is 3.03. The van der Waals surface area contributed by atoms with Gasteiger partial charge in [-0.3, -0.25) is 0 Å². The lowest BCUT2D eigenvalue weighted by Gasteiger charge is -2.05. The molecule has 1 aromatic rings. The Morgan fingerprint density at radius 2 is 2.44 bits per heavy atom. The van der Waals surface area contributed by atoms with Crippen LogP contribution in [0.3, 0.4) is 0 Å². The second-order valence-corrected chi connectivity index (χ2v) is 4.67. The minimum absolute atomic E-state index is 0.237. The molecule has 90 valence electrons. The number of nitrogen functional groups attached to an aromatic ring is 1. The molecule has 1 aromatic heterocycles. The van der Waals surface area contributed by atoms with Crippen LogP contribution in [-0.2, 0) is 6.42 Å². The van der Waals surface area contributed by atoms with Gasteiger partial charge in [-0.15, -0.1) is 0 Å². The SMILES string of the molecule is CNC(=S)NCCSCCc1cnc(N)o1. The van der Waals surface area contributed by atoms with E-state index in [9.17, 15) is 0 Å². The molecule has 5 nitrogen and oxygen atoms in total. The van der Waals surface area contributed by atoms with Gasteiger partial charge in [0.1, 0.15) is 5.76 Å². The van der Waals surface area contributed by atoms with Crippen molar-refractivity contribution in [3.63, 3.8) is 0 Å². The predicted molar refractivity (Wildman–Crippen MR) is 71.6 cm³/mol. The molecule has 1 heterocycles. The summed E-state index contributed by atoms with van der Waals surface area (Å²) in [6.45, 7) is 0.864. The number of aryl methyl sites for hydroxylation is 1. The zero-order valence-corrected chi connectivity index (χ0v) is 10.8. The van der Waals surface area contributed by atoms with E-state index in [1.807, 2.05) is 11.8 Å². The average molecular weight is 260 g/mol. The smallest absolute Gasteiger partial charge is 0.292 e. The van der Waals surface area contributed by atoms with Crippen molar-refractivity contribution in [2.75, 3.05) is 30.8 Å². The number of hydrogen-bond donors (Lipinski definition) is 3. The summed E-state index contributed by atoms with van der Waals surface area (Å²) in [6.07, 6.45) is 2.52. The molecule has 0 saturated heterocycles. The maximum Gasteiger partial charge on any atom is 0.292 e. The van der Waals surface area contributed by atoms with Crippen molar-refractivity contribution in [3.05, 3.63) is 12.0 Å². The summed E-state index contributed by atoms with van der Waals surface area (Å²) in [5, 5.41) is 6.62. The van der Waals surface area contributed by atoms with Gasteiger partial charge in [-0.05, 0) is 12.2 Å². The highest BCUT2D eigenvalue weighted by Crippen LogP contribution is 2.09. The first-order valence-corrected chi connectivity index (χ1v) is 6.52. The van der Waals surface area contributed by atoms with E-state index < -0.39 is 0 Å². The van der Waals surface area contributed by atoms with Crippen LogP contribution in [0.5, 0.6) is 0 Å². The zero-order valence-electron chi connectivity index (χ0n) is 9.16. The first kappa shape index (κ1) is 13.1. The molecule has 7 heteroatoms. The minimum Gasteiger partial charge on any atom is -0.429 e. The molecule has 0 amide bonds. The molecule has 0 bridgehead atoms. The van der Waals surface area contributed by atoms with Crippen LogP contribution in [-0.4, -0.2) is 35.2 Å². The summed E-state index contributed by atoms with van der Waals surface area (Å²) >= 11 is 6.78. The molecule has 0 fully saturated rings. The molecule has 0 aromatic carbocycles. The highest BCUT2D eigenvalue weighted by atomic mass is 32.2. The van der Waals surface area contributed by atoms with Gasteiger partial charge in [0.25, 0.3) is 6.01 Å². The number of anilines is 1. The largest absolute Gasteiger partial charge is 0.429 e. The van der Waals surface area contributed by atoms with E-state index in [2.05, 4.69) is 15.6 Å². The third kappa shape index (κ3) is 5.22. The van der Waals surface area contributed by atoms with E-state index >= 15 is 0 Å². The van der Waals surface area contributed by atoms with Gasteiger partial charge in [0, 0.05) is 31.5 Å². The van der Waals surface area contributed by atoms with Crippen molar-refractivity contribution in [2.24, 2.45) is 0 Å². The summed E-state index contributed by atoms with van der Waals surface area (Å²) < 4.78 is 5.15. The van der Waals surface area contributed by atoms with E-state index in [4.69, 9.17) is 22.4 Å². The van der Waals surface area contributed by atoms with Gasteiger partial charge in [-0.1, -0.05) is 0 Å². The Bertz CT molecular complexity index is 329. The van der Waals surface area contributed by atoms with Crippen molar-refractivity contribution in [1.29, 1.82) is 0 Å². The Labute approximate surface area is 105 Å². The van der Waals surface area contributed by atoms with Crippen LogP contribution >= 0.6 is 24.0 Å². The number of aromatic nitrogens is 1. The Morgan fingerprint density at radius 1 is 1.62 bits per heavy atom. The van der Waals surface area contributed by atoms with Crippen molar-refractivity contribution in [3.8, 4) is 0 Å². The molecule has 0 aliphatic rings. The number of nitrogens with zero attached hydrogens (tertiary/aromatic N) is 1. The lowest BCUT2D eigenvalue weighted by atomic mass is 10.4. The number of nitrogens with one attached hydrogen (secondary N) is 2. The number of oxazole rings is 1. The highest BCUT2D eigenvalue weighted by molar-refractivity contribution is 7.99. The number of rotatable bonds is 6. The van der Waals surface area contributed by atoms with Crippen LogP contribution in [0.1, 0.15) is 5.76 Å². The molecular weight excluding hydrogens is 244 g/mol. The highest BCUT2D eigenvalue weighted by Gasteiger charge is 2.00. The van der Waals surface area contributed by atoms with Crippen LogP contribution in [0.25, 0.3) is 0 Å². The molecule has 0 unspecified atom stereocenters. The Morgan fingerprint density at radius 3 is 3.06 bits per heavy atom. The zero-order chi connectivity index (χ0) is 11.8. The van der Waals surface area contributed by atoms with E-state index in [0.717, 1.165) is 30.2 Å². The lowest BCUT2D eigenvalue weighted by molar-refractivity contribution is 0.531. The second kappa shape index (κ2) is 7.34. The maximum atomic E-state index is 5.36. The van der Waals surface area contributed by atoms with Crippen molar-refractivity contribution in [2.45, 2.75) is 6.42 Å². The molecule has 1 rings (SSSR count). The maximum absolute atomic E-state index is 5.36. The van der Waals surface area contributed by atoms with E-state index in [1.165, 1.54) is 0 Å². The number of hydrogen-bond acceptors (Lipinski definition) is 5. The van der Waals surface area contributed by atoms with Gasteiger partial charge in [-0.25, -0.2) is 4.98 Å². The fraction of sp³-hybridized carbons (Fsp3) is 0.556. The standard InChI is InChI=1S/C9H16N4OS2/c1-11-9(15)12-3-5-16-4-2-7-6-13-8(10)14-7/h6H,2-5H2,1H3,(H2,10,13)(H2,11,12,15). The summed E-state index contributed by atoms with van der Waals surface area (Å²) in [5.41, 5.74) is 5.36. The van der Waals surface area contributed by atoms with Crippen LogP contribution in [0.15, 0.2) is 10.6 Å². The fourth-order valence-electron chi connectivity index (χ4n) is 1.04. The van der Waals surface area contributed by atoms with Crippen LogP contribution in [0.2, 0.25) is 0 Å². The molecule has 4 N–H and O–H groups in total. The first-order chi connectivity index (χ1) is 7.72. The van der Waals surface area contributed by atoms with Gasteiger partial charge >= 0.3 is 0 Å². The first-order valence-electron chi connectivity index (χ1n) is 4.96. The molecular formula is C9H16N4OS2.